The molecule has 3 nitrogen and oxygen atoms in total. The summed E-state index contributed by atoms with van der Waals surface area (Å²) in [5.74, 6) is 0.839. The van der Waals surface area contributed by atoms with Crippen molar-refractivity contribution >= 4 is 0 Å². The molecular weight excluding hydrogens is 200 g/mol. The highest BCUT2D eigenvalue weighted by atomic mass is 16.3. The van der Waals surface area contributed by atoms with Crippen molar-refractivity contribution in [1.82, 2.24) is 9.80 Å². The number of hydrogen-bond acceptors (Lipinski definition) is 3. The number of aliphatic hydroxyl groups is 1. The molecule has 0 aromatic carbocycles. The third-order valence-electron chi connectivity index (χ3n) is 3.35. The number of rotatable bonds is 7. The monoisotopic (exact) mass is 228 g/mol. The molecule has 1 heterocycles. The Balaban J connectivity index is 2.03. The SMILES string of the molecule is CC(C)CCCN1CCN(CCCO)CC1. The Bertz CT molecular complexity index is 165. The van der Waals surface area contributed by atoms with E-state index in [0.29, 0.717) is 6.61 Å². The average Bonchev–Trinajstić information content (AvgIpc) is 2.27. The second kappa shape index (κ2) is 8.04. The molecule has 0 aromatic rings. The largest absolute Gasteiger partial charge is 0.396 e. The van der Waals surface area contributed by atoms with Crippen molar-refractivity contribution in [3.63, 3.8) is 0 Å². The van der Waals surface area contributed by atoms with Gasteiger partial charge in [-0.3, -0.25) is 0 Å². The van der Waals surface area contributed by atoms with E-state index >= 15 is 0 Å². The van der Waals surface area contributed by atoms with Gasteiger partial charge in [0.15, 0.2) is 0 Å². The van der Waals surface area contributed by atoms with Gasteiger partial charge in [-0.2, -0.15) is 0 Å². The normalized spacial score (nSPS) is 19.5. The van der Waals surface area contributed by atoms with E-state index in [4.69, 9.17) is 5.11 Å². The molecule has 96 valence electrons. The topological polar surface area (TPSA) is 26.7 Å². The third-order valence-corrected chi connectivity index (χ3v) is 3.35. The summed E-state index contributed by atoms with van der Waals surface area (Å²) in [5, 5.41) is 8.78. The fraction of sp³-hybridized carbons (Fsp3) is 1.00. The maximum absolute atomic E-state index is 8.78. The van der Waals surface area contributed by atoms with Crippen LogP contribution < -0.4 is 0 Å². The summed E-state index contributed by atoms with van der Waals surface area (Å²) in [6, 6.07) is 0. The molecule has 1 aliphatic heterocycles. The van der Waals surface area contributed by atoms with E-state index in [1.807, 2.05) is 0 Å². The lowest BCUT2D eigenvalue weighted by Gasteiger charge is -2.34. The van der Waals surface area contributed by atoms with Gasteiger partial charge in [0, 0.05) is 39.3 Å². The fourth-order valence-electron chi connectivity index (χ4n) is 2.25. The highest BCUT2D eigenvalue weighted by Gasteiger charge is 2.15. The standard InChI is InChI=1S/C13H28N2O/c1-13(2)5-3-6-14-8-10-15(11-9-14)7-4-12-16/h13,16H,3-12H2,1-2H3. The van der Waals surface area contributed by atoms with Crippen molar-refractivity contribution in [2.24, 2.45) is 5.92 Å². The van der Waals surface area contributed by atoms with Crippen LogP contribution in [0.1, 0.15) is 33.1 Å². The van der Waals surface area contributed by atoms with Gasteiger partial charge in [-0.1, -0.05) is 13.8 Å². The molecule has 0 saturated carbocycles. The van der Waals surface area contributed by atoms with Crippen LogP contribution in [0.2, 0.25) is 0 Å². The number of piperazine rings is 1. The van der Waals surface area contributed by atoms with Gasteiger partial charge in [-0.05, 0) is 31.7 Å². The predicted molar refractivity (Wildman–Crippen MR) is 68.7 cm³/mol. The molecule has 1 fully saturated rings. The second-order valence-corrected chi connectivity index (χ2v) is 5.30. The fourth-order valence-corrected chi connectivity index (χ4v) is 2.25. The summed E-state index contributed by atoms with van der Waals surface area (Å²) >= 11 is 0. The Morgan fingerprint density at radius 2 is 1.44 bits per heavy atom. The van der Waals surface area contributed by atoms with Crippen LogP contribution in [-0.4, -0.2) is 60.8 Å². The summed E-state index contributed by atoms with van der Waals surface area (Å²) in [5.41, 5.74) is 0. The van der Waals surface area contributed by atoms with Gasteiger partial charge < -0.3 is 14.9 Å². The van der Waals surface area contributed by atoms with E-state index in [0.717, 1.165) is 18.9 Å². The Kier molecular flexibility index (Phi) is 7.01. The summed E-state index contributed by atoms with van der Waals surface area (Å²) in [7, 11) is 0. The Hall–Kier alpha value is -0.120. The smallest absolute Gasteiger partial charge is 0.0443 e. The molecular formula is C13H28N2O. The van der Waals surface area contributed by atoms with Crippen LogP contribution >= 0.6 is 0 Å². The molecule has 0 unspecified atom stereocenters. The van der Waals surface area contributed by atoms with Crippen LogP contribution in [-0.2, 0) is 0 Å². The van der Waals surface area contributed by atoms with E-state index in [-0.39, 0.29) is 0 Å². The van der Waals surface area contributed by atoms with Crippen LogP contribution in [0.15, 0.2) is 0 Å². The van der Waals surface area contributed by atoms with Crippen LogP contribution in [0.3, 0.4) is 0 Å². The quantitative estimate of drug-likeness (QED) is 0.714. The van der Waals surface area contributed by atoms with Gasteiger partial charge >= 0.3 is 0 Å². The van der Waals surface area contributed by atoms with E-state index in [2.05, 4.69) is 23.6 Å². The second-order valence-electron chi connectivity index (χ2n) is 5.30. The Labute approximate surface area is 100 Å². The van der Waals surface area contributed by atoms with Crippen LogP contribution in [0.25, 0.3) is 0 Å². The Morgan fingerprint density at radius 3 is 1.88 bits per heavy atom. The molecule has 1 N–H and O–H groups in total. The lowest BCUT2D eigenvalue weighted by Crippen LogP contribution is -2.46. The molecule has 0 atom stereocenters. The molecule has 16 heavy (non-hydrogen) atoms. The van der Waals surface area contributed by atoms with Gasteiger partial charge in [-0.25, -0.2) is 0 Å². The molecule has 0 spiro atoms. The van der Waals surface area contributed by atoms with Gasteiger partial charge in [0.2, 0.25) is 0 Å². The molecule has 0 amide bonds. The molecule has 1 aliphatic rings. The van der Waals surface area contributed by atoms with Gasteiger partial charge in [0.05, 0.1) is 0 Å². The zero-order chi connectivity index (χ0) is 11.8. The maximum atomic E-state index is 8.78. The van der Waals surface area contributed by atoms with Crippen molar-refractivity contribution < 1.29 is 5.11 Å². The summed E-state index contributed by atoms with van der Waals surface area (Å²) in [6.45, 7) is 12.0. The number of nitrogens with zero attached hydrogens (tertiary/aromatic N) is 2. The summed E-state index contributed by atoms with van der Waals surface area (Å²) < 4.78 is 0. The molecule has 0 aliphatic carbocycles. The minimum Gasteiger partial charge on any atom is -0.396 e. The average molecular weight is 228 g/mol. The van der Waals surface area contributed by atoms with Gasteiger partial charge in [-0.15, -0.1) is 0 Å². The van der Waals surface area contributed by atoms with E-state index in [9.17, 15) is 0 Å². The first-order valence-electron chi connectivity index (χ1n) is 6.78. The van der Waals surface area contributed by atoms with Gasteiger partial charge in [0.25, 0.3) is 0 Å². The van der Waals surface area contributed by atoms with E-state index in [1.165, 1.54) is 45.6 Å². The van der Waals surface area contributed by atoms with E-state index < -0.39 is 0 Å². The zero-order valence-electron chi connectivity index (χ0n) is 11.0. The number of hydrogen-bond donors (Lipinski definition) is 1. The maximum Gasteiger partial charge on any atom is 0.0443 e. The van der Waals surface area contributed by atoms with Crippen molar-refractivity contribution in [3.05, 3.63) is 0 Å². The summed E-state index contributed by atoms with van der Waals surface area (Å²) in [6.07, 6.45) is 3.62. The molecule has 0 aromatic heterocycles. The van der Waals surface area contributed by atoms with Gasteiger partial charge in [0.1, 0.15) is 0 Å². The molecule has 1 saturated heterocycles. The van der Waals surface area contributed by atoms with Crippen molar-refractivity contribution in [2.75, 3.05) is 45.9 Å². The minimum absolute atomic E-state index is 0.328. The van der Waals surface area contributed by atoms with Crippen LogP contribution in [0.4, 0.5) is 0 Å². The molecule has 0 bridgehead atoms. The van der Waals surface area contributed by atoms with E-state index in [1.54, 1.807) is 0 Å². The molecule has 0 radical (unpaired) electrons. The lowest BCUT2D eigenvalue weighted by atomic mass is 10.1. The molecule has 3 heteroatoms. The first kappa shape index (κ1) is 13.9. The number of aliphatic hydroxyl groups excluding tert-OH is 1. The first-order chi connectivity index (χ1) is 7.72. The van der Waals surface area contributed by atoms with Crippen molar-refractivity contribution in [2.45, 2.75) is 33.1 Å². The van der Waals surface area contributed by atoms with Crippen molar-refractivity contribution in [1.29, 1.82) is 0 Å². The third kappa shape index (κ3) is 5.83. The lowest BCUT2D eigenvalue weighted by molar-refractivity contribution is 0.122. The van der Waals surface area contributed by atoms with Crippen LogP contribution in [0.5, 0.6) is 0 Å². The Morgan fingerprint density at radius 1 is 0.938 bits per heavy atom. The first-order valence-corrected chi connectivity index (χ1v) is 6.78. The molecule has 1 rings (SSSR count). The summed E-state index contributed by atoms with van der Waals surface area (Å²) in [4.78, 5) is 5.05. The predicted octanol–water partition coefficient (Wildman–Crippen LogP) is 1.42. The minimum atomic E-state index is 0.328. The highest BCUT2D eigenvalue weighted by Crippen LogP contribution is 2.07. The zero-order valence-corrected chi connectivity index (χ0v) is 11.0. The van der Waals surface area contributed by atoms with Crippen molar-refractivity contribution in [3.8, 4) is 0 Å². The van der Waals surface area contributed by atoms with Crippen LogP contribution in [0, 0.1) is 5.92 Å². The highest BCUT2D eigenvalue weighted by molar-refractivity contribution is 4.71.